The van der Waals surface area contributed by atoms with Gasteiger partial charge in [-0.3, -0.25) is 0 Å². The molecule has 14 heavy (non-hydrogen) atoms. The van der Waals surface area contributed by atoms with Gasteiger partial charge in [0.1, 0.15) is 5.82 Å². The molecule has 0 aliphatic carbocycles. The van der Waals surface area contributed by atoms with Crippen LogP contribution in [0.5, 0.6) is 0 Å². The molecule has 1 rings (SSSR count). The van der Waals surface area contributed by atoms with E-state index in [1.165, 1.54) is 6.07 Å². The molecule has 2 N–H and O–H groups in total. The molecule has 0 aliphatic rings. The average Bonchev–Trinajstić information content (AvgIpc) is 2.18. The van der Waals surface area contributed by atoms with Crippen LogP contribution in [0.2, 0.25) is 5.02 Å². The normalized spacial score (nSPS) is 12.5. The zero-order valence-corrected chi connectivity index (χ0v) is 8.60. The highest BCUT2D eigenvalue weighted by atomic mass is 35.5. The molecule has 76 valence electrons. The van der Waals surface area contributed by atoms with Gasteiger partial charge in [0.2, 0.25) is 0 Å². The van der Waals surface area contributed by atoms with Gasteiger partial charge in [0.25, 0.3) is 0 Å². The monoisotopic (exact) mass is 213 g/mol. The fourth-order valence-electron chi connectivity index (χ4n) is 1.26. The van der Waals surface area contributed by atoms with Crippen molar-refractivity contribution in [2.75, 3.05) is 0 Å². The van der Waals surface area contributed by atoms with Crippen molar-refractivity contribution in [2.24, 2.45) is 5.73 Å². The first-order valence-electron chi connectivity index (χ1n) is 4.47. The molecule has 0 fully saturated rings. The molecule has 1 aromatic carbocycles. The second-order valence-electron chi connectivity index (χ2n) is 3.12. The predicted octanol–water partition coefficient (Wildman–Crippen LogP) is 3.45. The van der Waals surface area contributed by atoms with E-state index in [-0.39, 0.29) is 11.1 Å². The molecule has 0 unspecified atom stereocenters. The Balaban J connectivity index is 2.83. The summed E-state index contributed by atoms with van der Waals surface area (Å²) >= 11 is 5.64. The number of allylic oxidation sites excluding steroid dienone is 1. The van der Waals surface area contributed by atoms with Crippen molar-refractivity contribution >= 4 is 11.6 Å². The molecular weight excluding hydrogens is 201 g/mol. The molecule has 0 bridgehead atoms. The van der Waals surface area contributed by atoms with Crippen LogP contribution in [-0.2, 0) is 0 Å². The van der Waals surface area contributed by atoms with E-state index in [0.717, 1.165) is 6.42 Å². The van der Waals surface area contributed by atoms with Crippen molar-refractivity contribution < 1.29 is 4.39 Å². The van der Waals surface area contributed by atoms with Crippen LogP contribution < -0.4 is 5.73 Å². The quantitative estimate of drug-likeness (QED) is 0.762. The van der Waals surface area contributed by atoms with Crippen LogP contribution in [0.3, 0.4) is 0 Å². The fourth-order valence-corrected chi connectivity index (χ4v) is 1.44. The van der Waals surface area contributed by atoms with E-state index in [1.54, 1.807) is 18.2 Å². The summed E-state index contributed by atoms with van der Waals surface area (Å²) in [5.41, 5.74) is 6.28. The predicted molar refractivity (Wildman–Crippen MR) is 57.8 cm³/mol. The van der Waals surface area contributed by atoms with Gasteiger partial charge in [-0.2, -0.15) is 0 Å². The summed E-state index contributed by atoms with van der Waals surface area (Å²) in [6.45, 7) is 3.59. The summed E-state index contributed by atoms with van der Waals surface area (Å²) in [5.74, 6) is -0.411. The number of hydrogen-bond acceptors (Lipinski definition) is 1. The van der Waals surface area contributed by atoms with E-state index < -0.39 is 5.82 Å². The van der Waals surface area contributed by atoms with Crippen LogP contribution in [0.4, 0.5) is 4.39 Å². The Morgan fingerprint density at radius 1 is 1.57 bits per heavy atom. The maximum absolute atomic E-state index is 13.4. The van der Waals surface area contributed by atoms with Gasteiger partial charge in [-0.15, -0.1) is 6.58 Å². The van der Waals surface area contributed by atoms with E-state index in [9.17, 15) is 4.39 Å². The first-order valence-corrected chi connectivity index (χ1v) is 4.85. The average molecular weight is 214 g/mol. The molecule has 0 heterocycles. The minimum Gasteiger partial charge on any atom is -0.324 e. The third-order valence-electron chi connectivity index (χ3n) is 2.06. The lowest BCUT2D eigenvalue weighted by molar-refractivity contribution is 0.567. The Labute approximate surface area is 88.4 Å². The van der Waals surface area contributed by atoms with Crippen molar-refractivity contribution in [3.05, 3.63) is 47.3 Å². The Bertz CT molecular complexity index is 325. The lowest BCUT2D eigenvalue weighted by Crippen LogP contribution is -2.11. The van der Waals surface area contributed by atoms with Crippen molar-refractivity contribution in [1.82, 2.24) is 0 Å². The Hall–Kier alpha value is -0.860. The molecule has 0 aromatic heterocycles. The zero-order valence-electron chi connectivity index (χ0n) is 7.84. The smallest absolute Gasteiger partial charge is 0.146 e. The number of hydrogen-bond donors (Lipinski definition) is 1. The molecule has 0 amide bonds. The van der Waals surface area contributed by atoms with E-state index in [1.807, 2.05) is 0 Å². The number of nitrogens with two attached hydrogens (primary N) is 1. The van der Waals surface area contributed by atoms with Crippen LogP contribution >= 0.6 is 11.6 Å². The number of benzene rings is 1. The van der Waals surface area contributed by atoms with Crippen LogP contribution in [0.1, 0.15) is 24.4 Å². The van der Waals surface area contributed by atoms with Gasteiger partial charge in [0.05, 0.1) is 5.02 Å². The highest BCUT2D eigenvalue weighted by Crippen LogP contribution is 2.24. The van der Waals surface area contributed by atoms with Gasteiger partial charge < -0.3 is 5.73 Å². The Morgan fingerprint density at radius 3 is 2.93 bits per heavy atom. The maximum atomic E-state index is 13.4. The summed E-state index contributed by atoms with van der Waals surface area (Å²) in [5, 5.41) is 0.122. The topological polar surface area (TPSA) is 26.0 Å². The molecule has 0 saturated carbocycles. The third-order valence-corrected chi connectivity index (χ3v) is 2.35. The molecule has 3 heteroatoms. The first-order chi connectivity index (χ1) is 6.66. The minimum atomic E-state index is -0.411. The van der Waals surface area contributed by atoms with Crippen molar-refractivity contribution in [3.63, 3.8) is 0 Å². The second kappa shape index (κ2) is 5.13. The SMILES string of the molecule is C=CCC[C@H](N)c1cccc(Cl)c1F. The summed E-state index contributed by atoms with van der Waals surface area (Å²) < 4.78 is 13.4. The zero-order chi connectivity index (χ0) is 10.6. The molecule has 0 radical (unpaired) electrons. The van der Waals surface area contributed by atoms with Crippen molar-refractivity contribution in [2.45, 2.75) is 18.9 Å². The molecule has 1 aromatic rings. The highest BCUT2D eigenvalue weighted by molar-refractivity contribution is 6.30. The number of rotatable bonds is 4. The molecule has 1 nitrogen and oxygen atoms in total. The van der Waals surface area contributed by atoms with Crippen LogP contribution in [0.15, 0.2) is 30.9 Å². The van der Waals surface area contributed by atoms with Crippen LogP contribution in [0, 0.1) is 5.82 Å². The van der Waals surface area contributed by atoms with Crippen molar-refractivity contribution in [3.8, 4) is 0 Å². The Morgan fingerprint density at radius 2 is 2.29 bits per heavy atom. The van der Waals surface area contributed by atoms with Crippen molar-refractivity contribution in [1.29, 1.82) is 0 Å². The largest absolute Gasteiger partial charge is 0.324 e. The van der Waals surface area contributed by atoms with E-state index in [2.05, 4.69) is 6.58 Å². The molecule has 0 aliphatic heterocycles. The lowest BCUT2D eigenvalue weighted by atomic mass is 10.0. The first kappa shape index (κ1) is 11.2. The summed E-state index contributed by atoms with van der Waals surface area (Å²) in [7, 11) is 0. The van der Waals surface area contributed by atoms with Crippen LogP contribution in [0.25, 0.3) is 0 Å². The van der Waals surface area contributed by atoms with Gasteiger partial charge in [0, 0.05) is 11.6 Å². The van der Waals surface area contributed by atoms with Gasteiger partial charge in [-0.05, 0) is 18.9 Å². The second-order valence-corrected chi connectivity index (χ2v) is 3.52. The minimum absolute atomic E-state index is 0.122. The third kappa shape index (κ3) is 2.56. The summed E-state index contributed by atoms with van der Waals surface area (Å²) in [6.07, 6.45) is 3.22. The fraction of sp³-hybridized carbons (Fsp3) is 0.273. The van der Waals surface area contributed by atoms with Gasteiger partial charge in [-0.1, -0.05) is 29.8 Å². The van der Waals surface area contributed by atoms with Gasteiger partial charge in [0.15, 0.2) is 0 Å². The molecule has 0 saturated heterocycles. The lowest BCUT2D eigenvalue weighted by Gasteiger charge is -2.12. The standard InChI is InChI=1S/C11H13ClFN/c1-2-3-7-10(14)8-5-4-6-9(12)11(8)13/h2,4-6,10H,1,3,7,14H2/t10-/m0/s1. The maximum Gasteiger partial charge on any atom is 0.146 e. The van der Waals surface area contributed by atoms with E-state index in [0.29, 0.717) is 12.0 Å². The Kier molecular flexibility index (Phi) is 4.11. The molecule has 0 spiro atoms. The van der Waals surface area contributed by atoms with Crippen LogP contribution in [-0.4, -0.2) is 0 Å². The van der Waals surface area contributed by atoms with E-state index >= 15 is 0 Å². The summed E-state index contributed by atoms with van der Waals surface area (Å²) in [6, 6.07) is 4.57. The number of halogens is 2. The molecule has 1 atom stereocenters. The van der Waals surface area contributed by atoms with Gasteiger partial charge >= 0.3 is 0 Å². The van der Waals surface area contributed by atoms with E-state index in [4.69, 9.17) is 17.3 Å². The summed E-state index contributed by atoms with van der Waals surface area (Å²) in [4.78, 5) is 0. The molecular formula is C11H13ClFN. The highest BCUT2D eigenvalue weighted by Gasteiger charge is 2.12. The van der Waals surface area contributed by atoms with Gasteiger partial charge in [-0.25, -0.2) is 4.39 Å².